The highest BCUT2D eigenvalue weighted by Gasteiger charge is 2.46. The number of amides is 1. The summed E-state index contributed by atoms with van der Waals surface area (Å²) in [6.07, 6.45) is 0.648. The molecule has 1 unspecified atom stereocenters. The van der Waals surface area contributed by atoms with Gasteiger partial charge in [0.15, 0.2) is 0 Å². The third kappa shape index (κ3) is 4.67. The minimum absolute atomic E-state index is 0.0621. The molecule has 7 heteroatoms. The van der Waals surface area contributed by atoms with E-state index in [0.29, 0.717) is 29.8 Å². The lowest BCUT2D eigenvalue weighted by Crippen LogP contribution is -2.33. The molecule has 0 radical (unpaired) electrons. The van der Waals surface area contributed by atoms with Crippen LogP contribution in [0.1, 0.15) is 37.4 Å². The van der Waals surface area contributed by atoms with Crippen molar-refractivity contribution in [3.63, 3.8) is 0 Å². The van der Waals surface area contributed by atoms with Crippen LogP contribution in [0.25, 0.3) is 5.76 Å². The zero-order chi connectivity index (χ0) is 23.3. The van der Waals surface area contributed by atoms with E-state index in [1.807, 2.05) is 0 Å². The molecule has 1 N–H and O–H groups in total. The van der Waals surface area contributed by atoms with Crippen molar-refractivity contribution in [3.05, 3.63) is 71.0 Å². The van der Waals surface area contributed by atoms with Gasteiger partial charge in [0.1, 0.15) is 17.3 Å². The standard InChI is InChI=1S/C25H29FN2O4/c1-4-27(5-2)14-9-15-28-22(17-10-8-11-18(26)16-17)21(24(30)25(28)31)23(29)19-12-6-7-13-20(19)32-3/h6-8,10-13,16,22,29H,4-5,9,14-15H2,1-3H3/b23-21+. The van der Waals surface area contributed by atoms with E-state index in [1.54, 1.807) is 30.3 Å². The summed E-state index contributed by atoms with van der Waals surface area (Å²) in [7, 11) is 1.46. The number of ether oxygens (including phenoxy) is 1. The van der Waals surface area contributed by atoms with E-state index in [2.05, 4.69) is 18.7 Å². The van der Waals surface area contributed by atoms with Gasteiger partial charge in [-0.2, -0.15) is 0 Å². The molecule has 170 valence electrons. The zero-order valence-electron chi connectivity index (χ0n) is 18.7. The first-order chi connectivity index (χ1) is 15.4. The number of ketones is 1. The van der Waals surface area contributed by atoms with Gasteiger partial charge in [0.25, 0.3) is 11.7 Å². The van der Waals surface area contributed by atoms with Crippen LogP contribution in [0.4, 0.5) is 4.39 Å². The van der Waals surface area contributed by atoms with Crippen LogP contribution in [0.15, 0.2) is 54.1 Å². The summed E-state index contributed by atoms with van der Waals surface area (Å²) in [5, 5.41) is 11.1. The quantitative estimate of drug-likeness (QED) is 0.363. The Morgan fingerprint density at radius 1 is 1.12 bits per heavy atom. The molecule has 32 heavy (non-hydrogen) atoms. The number of rotatable bonds is 9. The van der Waals surface area contributed by atoms with Crippen LogP contribution in [-0.4, -0.2) is 59.9 Å². The molecule has 1 aliphatic rings. The van der Waals surface area contributed by atoms with Crippen LogP contribution in [0.3, 0.4) is 0 Å². The van der Waals surface area contributed by atoms with Gasteiger partial charge >= 0.3 is 0 Å². The first-order valence-corrected chi connectivity index (χ1v) is 10.8. The first kappa shape index (κ1) is 23.5. The average Bonchev–Trinajstić information content (AvgIpc) is 3.06. The number of hydrogen-bond donors (Lipinski definition) is 1. The maximum Gasteiger partial charge on any atom is 0.295 e. The Labute approximate surface area is 187 Å². The molecule has 3 rings (SSSR count). The van der Waals surface area contributed by atoms with Crippen molar-refractivity contribution >= 4 is 17.4 Å². The number of carbonyl (C=O) groups excluding carboxylic acids is 2. The van der Waals surface area contributed by atoms with Gasteiger partial charge in [-0.3, -0.25) is 9.59 Å². The monoisotopic (exact) mass is 440 g/mol. The van der Waals surface area contributed by atoms with Crippen molar-refractivity contribution < 1.29 is 23.8 Å². The fraction of sp³-hybridized carbons (Fsp3) is 0.360. The zero-order valence-corrected chi connectivity index (χ0v) is 18.7. The average molecular weight is 441 g/mol. The highest BCUT2D eigenvalue weighted by Crippen LogP contribution is 2.41. The van der Waals surface area contributed by atoms with E-state index >= 15 is 0 Å². The summed E-state index contributed by atoms with van der Waals surface area (Å²) in [5.41, 5.74) is 0.675. The second kappa shape index (κ2) is 10.4. The van der Waals surface area contributed by atoms with Gasteiger partial charge in [-0.15, -0.1) is 0 Å². The molecule has 2 aromatic carbocycles. The minimum Gasteiger partial charge on any atom is -0.507 e. The highest BCUT2D eigenvalue weighted by atomic mass is 19.1. The summed E-state index contributed by atoms with van der Waals surface area (Å²) in [5.74, 6) is -1.92. The molecule has 2 aromatic rings. The number of halogens is 1. The molecule has 1 saturated heterocycles. The van der Waals surface area contributed by atoms with Crippen molar-refractivity contribution in [2.75, 3.05) is 33.3 Å². The molecule has 1 amide bonds. The van der Waals surface area contributed by atoms with Crippen LogP contribution in [-0.2, 0) is 9.59 Å². The Balaban J connectivity index is 2.07. The number of aliphatic hydroxyl groups excluding tert-OH is 1. The predicted molar refractivity (Wildman–Crippen MR) is 121 cm³/mol. The van der Waals surface area contributed by atoms with E-state index in [-0.39, 0.29) is 11.3 Å². The van der Waals surface area contributed by atoms with E-state index in [9.17, 15) is 19.1 Å². The molecule has 1 fully saturated rings. The lowest BCUT2D eigenvalue weighted by atomic mass is 9.95. The van der Waals surface area contributed by atoms with Gasteiger partial charge < -0.3 is 19.6 Å². The van der Waals surface area contributed by atoms with E-state index in [4.69, 9.17) is 4.74 Å². The highest BCUT2D eigenvalue weighted by molar-refractivity contribution is 6.46. The summed E-state index contributed by atoms with van der Waals surface area (Å²) >= 11 is 0. The Morgan fingerprint density at radius 2 is 1.84 bits per heavy atom. The summed E-state index contributed by atoms with van der Waals surface area (Å²) in [6, 6.07) is 11.6. The number of benzene rings is 2. The molecule has 1 atom stereocenters. The number of hydrogen-bond acceptors (Lipinski definition) is 5. The first-order valence-electron chi connectivity index (χ1n) is 10.8. The number of likely N-dealkylation sites (tertiary alicyclic amines) is 1. The smallest absolute Gasteiger partial charge is 0.295 e. The molecule has 1 aliphatic heterocycles. The molecule has 0 aromatic heterocycles. The Morgan fingerprint density at radius 3 is 2.50 bits per heavy atom. The van der Waals surface area contributed by atoms with Gasteiger partial charge in [0.2, 0.25) is 0 Å². The number of Topliss-reactive ketones (excluding diaryl/α,β-unsaturated/α-hetero) is 1. The molecule has 0 aliphatic carbocycles. The Hall–Kier alpha value is -3.19. The fourth-order valence-corrected chi connectivity index (χ4v) is 4.12. The lowest BCUT2D eigenvalue weighted by Gasteiger charge is -2.27. The Kier molecular flexibility index (Phi) is 7.64. The van der Waals surface area contributed by atoms with Crippen LogP contribution < -0.4 is 4.74 Å². The van der Waals surface area contributed by atoms with Crippen molar-refractivity contribution in [2.24, 2.45) is 0 Å². The van der Waals surface area contributed by atoms with Crippen molar-refractivity contribution in [3.8, 4) is 5.75 Å². The van der Waals surface area contributed by atoms with E-state index < -0.39 is 23.5 Å². The van der Waals surface area contributed by atoms with E-state index in [0.717, 1.165) is 19.6 Å². The summed E-state index contributed by atoms with van der Waals surface area (Å²) in [6.45, 7) is 6.97. The van der Waals surface area contributed by atoms with Crippen molar-refractivity contribution in [2.45, 2.75) is 26.3 Å². The number of methoxy groups -OCH3 is 1. The molecule has 6 nitrogen and oxygen atoms in total. The maximum absolute atomic E-state index is 14.1. The predicted octanol–water partition coefficient (Wildman–Crippen LogP) is 3.99. The van der Waals surface area contributed by atoms with Crippen LogP contribution in [0.2, 0.25) is 0 Å². The van der Waals surface area contributed by atoms with Gasteiger partial charge in [-0.1, -0.05) is 38.1 Å². The number of carbonyl (C=O) groups is 2. The molecular weight excluding hydrogens is 411 g/mol. The summed E-state index contributed by atoms with van der Waals surface area (Å²) < 4.78 is 19.4. The third-order valence-electron chi connectivity index (χ3n) is 5.83. The number of nitrogens with zero attached hydrogens (tertiary/aromatic N) is 2. The second-order valence-corrected chi connectivity index (χ2v) is 7.63. The van der Waals surface area contributed by atoms with Crippen LogP contribution >= 0.6 is 0 Å². The molecule has 0 spiro atoms. The lowest BCUT2D eigenvalue weighted by molar-refractivity contribution is -0.140. The van der Waals surface area contributed by atoms with Crippen LogP contribution in [0, 0.1) is 5.82 Å². The SMILES string of the molecule is CCN(CC)CCCN1C(=O)C(=O)/C(=C(/O)c2ccccc2OC)C1c1cccc(F)c1. The normalized spacial score (nSPS) is 17.9. The van der Waals surface area contributed by atoms with E-state index in [1.165, 1.54) is 30.2 Å². The molecule has 1 heterocycles. The topological polar surface area (TPSA) is 70.1 Å². The van der Waals surface area contributed by atoms with Gasteiger partial charge in [0, 0.05) is 6.54 Å². The van der Waals surface area contributed by atoms with Crippen molar-refractivity contribution in [1.82, 2.24) is 9.80 Å². The minimum atomic E-state index is -0.882. The van der Waals surface area contributed by atoms with Gasteiger partial charge in [-0.25, -0.2) is 4.39 Å². The molecule has 0 saturated carbocycles. The largest absolute Gasteiger partial charge is 0.507 e. The van der Waals surface area contributed by atoms with Crippen LogP contribution in [0.5, 0.6) is 5.75 Å². The molecule has 0 bridgehead atoms. The van der Waals surface area contributed by atoms with Gasteiger partial charge in [-0.05, 0) is 55.9 Å². The van der Waals surface area contributed by atoms with Gasteiger partial charge in [0.05, 0.1) is 24.3 Å². The third-order valence-corrected chi connectivity index (χ3v) is 5.83. The molecular formula is C25H29FN2O4. The second-order valence-electron chi connectivity index (χ2n) is 7.63. The maximum atomic E-state index is 14.1. The number of para-hydroxylation sites is 1. The Bertz CT molecular complexity index is 1020. The number of aliphatic hydroxyl groups is 1. The summed E-state index contributed by atoms with van der Waals surface area (Å²) in [4.78, 5) is 29.7. The van der Waals surface area contributed by atoms with Crippen molar-refractivity contribution in [1.29, 1.82) is 0 Å². The fourth-order valence-electron chi connectivity index (χ4n) is 4.12.